The van der Waals surface area contributed by atoms with Gasteiger partial charge in [0.25, 0.3) is 0 Å². The SMILES string of the molecule is C=C(CC(CCC)CCC)Sc1cc(C)ccc1C. The summed E-state index contributed by atoms with van der Waals surface area (Å²) in [5, 5.41) is 0. The number of hydrogen-bond acceptors (Lipinski definition) is 1. The molecule has 19 heavy (non-hydrogen) atoms. The van der Waals surface area contributed by atoms with Crippen LogP contribution in [0.2, 0.25) is 0 Å². The summed E-state index contributed by atoms with van der Waals surface area (Å²) in [6.45, 7) is 13.2. The van der Waals surface area contributed by atoms with Gasteiger partial charge in [-0.3, -0.25) is 0 Å². The molecule has 0 radical (unpaired) electrons. The van der Waals surface area contributed by atoms with E-state index < -0.39 is 0 Å². The highest BCUT2D eigenvalue weighted by Gasteiger charge is 2.10. The normalized spacial score (nSPS) is 11.0. The minimum atomic E-state index is 0.820. The van der Waals surface area contributed by atoms with E-state index in [0.717, 1.165) is 5.92 Å². The van der Waals surface area contributed by atoms with E-state index in [4.69, 9.17) is 0 Å². The van der Waals surface area contributed by atoms with Crippen LogP contribution in [0.25, 0.3) is 0 Å². The fourth-order valence-corrected chi connectivity index (χ4v) is 3.61. The monoisotopic (exact) mass is 276 g/mol. The Labute approximate surface area is 123 Å². The van der Waals surface area contributed by atoms with Gasteiger partial charge in [0.05, 0.1) is 0 Å². The van der Waals surface area contributed by atoms with Gasteiger partial charge in [-0.05, 0) is 48.3 Å². The summed E-state index contributed by atoms with van der Waals surface area (Å²) in [5.41, 5.74) is 2.69. The first-order chi connectivity index (χ1) is 9.06. The van der Waals surface area contributed by atoms with Crippen molar-refractivity contribution in [2.45, 2.75) is 64.7 Å². The molecule has 0 atom stereocenters. The van der Waals surface area contributed by atoms with Gasteiger partial charge in [0, 0.05) is 4.90 Å². The molecular formula is C18H28S. The Morgan fingerprint density at radius 1 is 1.16 bits per heavy atom. The molecular weight excluding hydrogens is 248 g/mol. The molecule has 0 heterocycles. The van der Waals surface area contributed by atoms with Crippen LogP contribution in [0.5, 0.6) is 0 Å². The Bertz CT molecular complexity index is 400. The maximum absolute atomic E-state index is 4.29. The van der Waals surface area contributed by atoms with Crippen LogP contribution in [0.4, 0.5) is 0 Å². The van der Waals surface area contributed by atoms with Crippen LogP contribution in [0.15, 0.2) is 34.6 Å². The fraction of sp³-hybridized carbons (Fsp3) is 0.556. The van der Waals surface area contributed by atoms with Gasteiger partial charge in [0.2, 0.25) is 0 Å². The van der Waals surface area contributed by atoms with Crippen LogP contribution >= 0.6 is 11.8 Å². The molecule has 0 amide bonds. The summed E-state index contributed by atoms with van der Waals surface area (Å²) in [4.78, 5) is 2.69. The summed E-state index contributed by atoms with van der Waals surface area (Å²) in [6, 6.07) is 6.67. The van der Waals surface area contributed by atoms with Crippen LogP contribution in [-0.2, 0) is 0 Å². The molecule has 1 aromatic rings. The van der Waals surface area contributed by atoms with Gasteiger partial charge in [-0.2, -0.15) is 0 Å². The van der Waals surface area contributed by atoms with Gasteiger partial charge in [-0.25, -0.2) is 0 Å². The van der Waals surface area contributed by atoms with Crippen molar-refractivity contribution in [3.63, 3.8) is 0 Å². The quantitative estimate of drug-likeness (QED) is 0.487. The number of aryl methyl sites for hydroxylation is 2. The minimum Gasteiger partial charge on any atom is -0.0949 e. The number of allylic oxidation sites excluding steroid dienone is 1. The Morgan fingerprint density at radius 2 is 1.79 bits per heavy atom. The highest BCUT2D eigenvalue weighted by atomic mass is 32.2. The zero-order valence-electron chi connectivity index (χ0n) is 13.0. The predicted octanol–water partition coefficient (Wildman–Crippen LogP) is 6.52. The third-order valence-electron chi connectivity index (χ3n) is 3.51. The van der Waals surface area contributed by atoms with E-state index in [1.807, 2.05) is 11.8 Å². The molecule has 0 N–H and O–H groups in total. The highest BCUT2D eigenvalue weighted by Crippen LogP contribution is 2.34. The molecule has 0 aliphatic carbocycles. The van der Waals surface area contributed by atoms with Crippen molar-refractivity contribution < 1.29 is 0 Å². The lowest BCUT2D eigenvalue weighted by Gasteiger charge is -2.17. The van der Waals surface area contributed by atoms with Gasteiger partial charge < -0.3 is 0 Å². The maximum atomic E-state index is 4.29. The lowest BCUT2D eigenvalue weighted by molar-refractivity contribution is 0.443. The molecule has 1 heteroatoms. The van der Waals surface area contributed by atoms with Gasteiger partial charge in [-0.15, -0.1) is 0 Å². The number of rotatable bonds is 8. The van der Waals surface area contributed by atoms with Crippen molar-refractivity contribution in [1.29, 1.82) is 0 Å². The molecule has 0 aromatic heterocycles. The van der Waals surface area contributed by atoms with E-state index in [-0.39, 0.29) is 0 Å². The molecule has 0 saturated heterocycles. The molecule has 0 unspecified atom stereocenters. The smallest absolute Gasteiger partial charge is 0.0150 e. The number of benzene rings is 1. The Balaban J connectivity index is 2.60. The first-order valence-electron chi connectivity index (χ1n) is 7.49. The first kappa shape index (κ1) is 16.4. The van der Waals surface area contributed by atoms with Crippen molar-refractivity contribution in [2.24, 2.45) is 5.92 Å². The first-order valence-corrected chi connectivity index (χ1v) is 8.31. The average molecular weight is 276 g/mol. The largest absolute Gasteiger partial charge is 0.0949 e. The predicted molar refractivity (Wildman–Crippen MR) is 88.8 cm³/mol. The third kappa shape index (κ3) is 5.86. The lowest BCUT2D eigenvalue weighted by atomic mass is 9.95. The average Bonchev–Trinajstić information content (AvgIpc) is 2.34. The Kier molecular flexibility index (Phi) is 7.30. The van der Waals surface area contributed by atoms with E-state index in [0.29, 0.717) is 0 Å². The molecule has 0 spiro atoms. The Morgan fingerprint density at radius 3 is 2.37 bits per heavy atom. The van der Waals surface area contributed by atoms with Crippen LogP contribution in [-0.4, -0.2) is 0 Å². The van der Waals surface area contributed by atoms with Crippen molar-refractivity contribution in [1.82, 2.24) is 0 Å². The fourth-order valence-electron chi connectivity index (χ4n) is 2.50. The molecule has 0 bridgehead atoms. The van der Waals surface area contributed by atoms with Crippen molar-refractivity contribution in [3.05, 3.63) is 40.8 Å². The minimum absolute atomic E-state index is 0.820. The van der Waals surface area contributed by atoms with Crippen molar-refractivity contribution >= 4 is 11.8 Å². The topological polar surface area (TPSA) is 0 Å². The van der Waals surface area contributed by atoms with Crippen LogP contribution < -0.4 is 0 Å². The summed E-state index contributed by atoms with van der Waals surface area (Å²) in [6.07, 6.45) is 6.40. The van der Waals surface area contributed by atoms with Gasteiger partial charge in [0.15, 0.2) is 0 Å². The third-order valence-corrected chi connectivity index (χ3v) is 4.62. The summed E-state index contributed by atoms with van der Waals surface area (Å²) < 4.78 is 0. The van der Waals surface area contributed by atoms with Crippen molar-refractivity contribution in [2.75, 3.05) is 0 Å². The lowest BCUT2D eigenvalue weighted by Crippen LogP contribution is -2.00. The maximum Gasteiger partial charge on any atom is 0.0150 e. The number of hydrogen-bond donors (Lipinski definition) is 0. The molecule has 0 fully saturated rings. The molecule has 0 nitrogen and oxygen atoms in total. The summed E-state index contributed by atoms with van der Waals surface area (Å²) >= 11 is 1.87. The summed E-state index contributed by atoms with van der Waals surface area (Å²) in [5.74, 6) is 0.820. The standard InChI is InChI=1S/C18H28S/c1-6-8-17(9-7-2)13-16(5)19-18-12-14(3)10-11-15(18)4/h10-12,17H,5-9,13H2,1-4H3. The zero-order chi connectivity index (χ0) is 14.3. The van der Waals surface area contributed by atoms with E-state index in [1.165, 1.54) is 53.0 Å². The highest BCUT2D eigenvalue weighted by molar-refractivity contribution is 8.03. The van der Waals surface area contributed by atoms with Gasteiger partial charge in [0.1, 0.15) is 0 Å². The second-order valence-corrected chi connectivity index (χ2v) is 6.78. The van der Waals surface area contributed by atoms with Crippen molar-refractivity contribution in [3.8, 4) is 0 Å². The van der Waals surface area contributed by atoms with Crippen LogP contribution in [0.1, 0.15) is 57.1 Å². The van der Waals surface area contributed by atoms with E-state index in [1.54, 1.807) is 0 Å². The van der Waals surface area contributed by atoms with Crippen LogP contribution in [0, 0.1) is 19.8 Å². The van der Waals surface area contributed by atoms with E-state index in [2.05, 4.69) is 52.5 Å². The molecule has 0 saturated carbocycles. The number of thioether (sulfide) groups is 1. The molecule has 106 valence electrons. The second kappa shape index (κ2) is 8.47. The van der Waals surface area contributed by atoms with Gasteiger partial charge >= 0.3 is 0 Å². The second-order valence-electron chi connectivity index (χ2n) is 5.56. The van der Waals surface area contributed by atoms with Crippen LogP contribution in [0.3, 0.4) is 0 Å². The van der Waals surface area contributed by atoms with E-state index >= 15 is 0 Å². The molecule has 0 aliphatic rings. The molecule has 0 aliphatic heterocycles. The molecule has 1 aromatic carbocycles. The van der Waals surface area contributed by atoms with Gasteiger partial charge in [-0.1, -0.05) is 70.0 Å². The van der Waals surface area contributed by atoms with E-state index in [9.17, 15) is 0 Å². The summed E-state index contributed by atoms with van der Waals surface area (Å²) in [7, 11) is 0. The zero-order valence-corrected chi connectivity index (χ0v) is 13.8. The molecule has 1 rings (SSSR count). The Hall–Kier alpha value is -0.690.